The van der Waals surface area contributed by atoms with Gasteiger partial charge in [-0.05, 0) is 30.5 Å². The minimum Gasteiger partial charge on any atom is -0.497 e. The number of rotatable bonds is 5. The molecule has 1 aliphatic heterocycles. The summed E-state index contributed by atoms with van der Waals surface area (Å²) in [5, 5.41) is 16.8. The number of hydrogen-bond donors (Lipinski definition) is 2. The summed E-state index contributed by atoms with van der Waals surface area (Å²) in [6.45, 7) is 1.74. The summed E-state index contributed by atoms with van der Waals surface area (Å²) in [5.41, 5.74) is -0.230. The van der Waals surface area contributed by atoms with Crippen molar-refractivity contribution < 1.29 is 14.6 Å². The lowest BCUT2D eigenvalue weighted by molar-refractivity contribution is -0.132. The van der Waals surface area contributed by atoms with E-state index in [-0.39, 0.29) is 41.9 Å². The second-order valence-electron chi connectivity index (χ2n) is 8.25. The van der Waals surface area contributed by atoms with Gasteiger partial charge in [0.15, 0.2) is 0 Å². The maximum absolute atomic E-state index is 12.7. The van der Waals surface area contributed by atoms with Gasteiger partial charge in [0.1, 0.15) is 11.3 Å². The molecule has 170 valence electrons. The molecule has 0 bridgehead atoms. The van der Waals surface area contributed by atoms with Crippen molar-refractivity contribution in [3.8, 4) is 11.6 Å². The van der Waals surface area contributed by atoms with Crippen LogP contribution >= 0.6 is 0 Å². The third-order valence-corrected chi connectivity index (χ3v) is 6.32. The maximum atomic E-state index is 12.7. The predicted molar refractivity (Wildman–Crippen MR) is 119 cm³/mol. The fourth-order valence-corrected chi connectivity index (χ4v) is 4.62. The Morgan fingerprint density at radius 2 is 1.88 bits per heavy atom. The van der Waals surface area contributed by atoms with Gasteiger partial charge in [-0.25, -0.2) is 9.80 Å². The molecule has 2 aromatic rings. The van der Waals surface area contributed by atoms with E-state index in [4.69, 9.17) is 4.74 Å². The van der Waals surface area contributed by atoms with E-state index >= 15 is 0 Å². The Hall–Kier alpha value is -3.36. The van der Waals surface area contributed by atoms with E-state index in [0.29, 0.717) is 5.75 Å². The molecule has 9 nitrogen and oxygen atoms in total. The average Bonchev–Trinajstić information content (AvgIpc) is 3.24. The normalized spacial score (nSPS) is 19.1. The van der Waals surface area contributed by atoms with E-state index in [1.807, 2.05) is 12.1 Å². The lowest BCUT2D eigenvalue weighted by Gasteiger charge is -2.25. The van der Waals surface area contributed by atoms with E-state index in [9.17, 15) is 19.5 Å². The van der Waals surface area contributed by atoms with Crippen LogP contribution in [0, 0.1) is 0 Å². The number of carbonyl (C=O) groups excluding carboxylic acids is 1. The Kier molecular flexibility index (Phi) is 6.16. The van der Waals surface area contributed by atoms with Crippen LogP contribution in [0.3, 0.4) is 0 Å². The molecule has 1 fully saturated rings. The minimum atomic E-state index is -0.697. The number of aromatic amines is 1. The number of carbonyl (C=O) groups is 1. The molecule has 0 spiro atoms. The Morgan fingerprint density at radius 1 is 1.19 bits per heavy atom. The Balaban J connectivity index is 1.76. The van der Waals surface area contributed by atoms with E-state index < -0.39 is 17.3 Å². The van der Waals surface area contributed by atoms with Crippen molar-refractivity contribution in [2.75, 3.05) is 7.11 Å². The van der Waals surface area contributed by atoms with Gasteiger partial charge in [0, 0.05) is 18.9 Å². The average molecular weight is 441 g/mol. The van der Waals surface area contributed by atoms with Crippen LogP contribution in [0.2, 0.25) is 0 Å². The molecule has 1 aliphatic carbocycles. The monoisotopic (exact) mass is 440 g/mol. The van der Waals surface area contributed by atoms with Gasteiger partial charge >= 0.3 is 5.69 Å². The van der Waals surface area contributed by atoms with Gasteiger partial charge in [0.25, 0.3) is 5.56 Å². The summed E-state index contributed by atoms with van der Waals surface area (Å²) in [6, 6.07) is 6.72. The number of hydrogen-bond acceptors (Lipinski definition) is 6. The lowest BCUT2D eigenvalue weighted by Crippen LogP contribution is -2.36. The van der Waals surface area contributed by atoms with E-state index in [0.717, 1.165) is 37.7 Å². The number of nitrogens with one attached hydrogen (secondary N) is 1. The van der Waals surface area contributed by atoms with Crippen LogP contribution in [0.25, 0.3) is 0 Å². The van der Waals surface area contributed by atoms with Crippen molar-refractivity contribution in [2.24, 2.45) is 5.10 Å². The first kappa shape index (κ1) is 21.9. The van der Waals surface area contributed by atoms with Gasteiger partial charge in [-0.2, -0.15) is 5.10 Å². The van der Waals surface area contributed by atoms with Crippen molar-refractivity contribution in [2.45, 2.75) is 64.0 Å². The number of H-pyrrole nitrogens is 1. The molecule has 1 unspecified atom stereocenters. The van der Waals surface area contributed by atoms with Crippen LogP contribution in [0.4, 0.5) is 0 Å². The van der Waals surface area contributed by atoms with Gasteiger partial charge in [-0.15, -0.1) is 0 Å². The highest BCUT2D eigenvalue weighted by atomic mass is 16.5. The number of aromatic hydroxyl groups is 1. The third-order valence-electron chi connectivity index (χ3n) is 6.32. The first-order chi connectivity index (χ1) is 15.4. The molecule has 1 aromatic heterocycles. The van der Waals surface area contributed by atoms with Gasteiger partial charge in [0.2, 0.25) is 11.8 Å². The van der Waals surface area contributed by atoms with Crippen molar-refractivity contribution in [3.05, 3.63) is 56.2 Å². The summed E-state index contributed by atoms with van der Waals surface area (Å²) in [6.07, 6.45) is 5.03. The van der Waals surface area contributed by atoms with E-state index in [1.165, 1.54) is 9.58 Å². The second kappa shape index (κ2) is 9.02. The standard InChI is InChI=1S/C23H28N4O5/c1-3-19(28)27-18(14-9-11-16(32-2)12-10-14)13-17(25-27)20-21(29)24-23(31)26(22(20)30)15-7-5-4-6-8-15/h9-12,15,18,30H,3-8,13H2,1-2H3,(H,24,29,31). The topological polar surface area (TPSA) is 117 Å². The predicted octanol–water partition coefficient (Wildman–Crippen LogP) is 2.84. The summed E-state index contributed by atoms with van der Waals surface area (Å²) in [4.78, 5) is 40.2. The molecule has 4 rings (SSSR count). The molecule has 2 N–H and O–H groups in total. The molecule has 1 amide bonds. The van der Waals surface area contributed by atoms with Gasteiger partial charge in [-0.1, -0.05) is 38.3 Å². The Morgan fingerprint density at radius 3 is 2.50 bits per heavy atom. The van der Waals surface area contributed by atoms with Crippen molar-refractivity contribution in [1.29, 1.82) is 0 Å². The number of benzene rings is 1. The summed E-state index contributed by atoms with van der Waals surface area (Å²) in [7, 11) is 1.58. The largest absolute Gasteiger partial charge is 0.497 e. The summed E-state index contributed by atoms with van der Waals surface area (Å²) >= 11 is 0. The van der Waals surface area contributed by atoms with Crippen LogP contribution in [-0.2, 0) is 4.79 Å². The highest BCUT2D eigenvalue weighted by Crippen LogP contribution is 2.36. The number of ether oxygens (including phenoxy) is 1. The Labute approximate surface area is 185 Å². The van der Waals surface area contributed by atoms with Crippen LogP contribution in [0.15, 0.2) is 39.0 Å². The van der Waals surface area contributed by atoms with Crippen molar-refractivity contribution in [3.63, 3.8) is 0 Å². The van der Waals surface area contributed by atoms with Gasteiger partial charge in [0.05, 0.1) is 18.9 Å². The van der Waals surface area contributed by atoms with Gasteiger partial charge in [-0.3, -0.25) is 19.1 Å². The fourth-order valence-electron chi connectivity index (χ4n) is 4.62. The van der Waals surface area contributed by atoms with E-state index in [1.54, 1.807) is 26.2 Å². The first-order valence-electron chi connectivity index (χ1n) is 11.1. The third kappa shape index (κ3) is 3.94. The Bertz CT molecular complexity index is 1140. The molecule has 0 radical (unpaired) electrons. The maximum Gasteiger partial charge on any atom is 0.331 e. The number of methoxy groups -OCH3 is 1. The number of aromatic nitrogens is 2. The number of nitrogens with zero attached hydrogens (tertiary/aromatic N) is 3. The molecule has 32 heavy (non-hydrogen) atoms. The number of amides is 1. The minimum absolute atomic E-state index is 0.0416. The SMILES string of the molecule is CCC(=O)N1N=C(c2c(O)n(C3CCCCC3)c(=O)[nH]c2=O)CC1c1ccc(OC)cc1. The zero-order valence-electron chi connectivity index (χ0n) is 18.3. The molecule has 9 heteroatoms. The second-order valence-corrected chi connectivity index (χ2v) is 8.25. The first-order valence-corrected chi connectivity index (χ1v) is 11.1. The molecular weight excluding hydrogens is 412 g/mol. The zero-order chi connectivity index (χ0) is 22.8. The van der Waals surface area contributed by atoms with Crippen LogP contribution in [0.5, 0.6) is 11.6 Å². The number of hydrazone groups is 1. The quantitative estimate of drug-likeness (QED) is 0.741. The highest BCUT2D eigenvalue weighted by molar-refractivity contribution is 6.04. The molecule has 0 saturated heterocycles. The molecular formula is C23H28N4O5. The molecule has 1 aromatic carbocycles. The van der Waals surface area contributed by atoms with Crippen LogP contribution in [-0.4, -0.2) is 38.4 Å². The van der Waals surface area contributed by atoms with Crippen LogP contribution in [0.1, 0.15) is 75.1 Å². The van der Waals surface area contributed by atoms with Gasteiger partial charge < -0.3 is 9.84 Å². The van der Waals surface area contributed by atoms with E-state index in [2.05, 4.69) is 10.1 Å². The lowest BCUT2D eigenvalue weighted by atomic mass is 9.95. The summed E-state index contributed by atoms with van der Waals surface area (Å²) < 4.78 is 6.49. The molecule has 1 saturated carbocycles. The molecule has 2 aliphatic rings. The zero-order valence-corrected chi connectivity index (χ0v) is 18.3. The van der Waals surface area contributed by atoms with Crippen molar-refractivity contribution in [1.82, 2.24) is 14.6 Å². The smallest absolute Gasteiger partial charge is 0.331 e. The molecule has 1 atom stereocenters. The molecule has 2 heterocycles. The fraction of sp³-hybridized carbons (Fsp3) is 0.478. The highest BCUT2D eigenvalue weighted by Gasteiger charge is 2.35. The van der Waals surface area contributed by atoms with Crippen LogP contribution < -0.4 is 16.0 Å². The summed E-state index contributed by atoms with van der Waals surface area (Å²) in [5.74, 6) is 0.121. The van der Waals surface area contributed by atoms with Crippen molar-refractivity contribution >= 4 is 11.6 Å².